The predicted octanol–water partition coefficient (Wildman–Crippen LogP) is 1.88. The van der Waals surface area contributed by atoms with Crippen LogP contribution < -0.4 is 0 Å². The summed E-state index contributed by atoms with van der Waals surface area (Å²) < 4.78 is 3.76. The van der Waals surface area contributed by atoms with Crippen molar-refractivity contribution in [2.24, 2.45) is 7.05 Å². The first-order valence-corrected chi connectivity index (χ1v) is 8.55. The Morgan fingerprint density at radius 3 is 2.70 bits per heavy atom. The average molecular weight is 361 g/mol. The standard InChI is InChI=1S/C19H19N7O/c1-24(11-17-23-22-13-25(17)2)19(27)15-8-16-18(20-9-15)26(12-21-16)10-14-6-4-3-5-7-14/h3-9,12-13H,10-11H2,1-2H3. The summed E-state index contributed by atoms with van der Waals surface area (Å²) in [6, 6.07) is 11.9. The van der Waals surface area contributed by atoms with Crippen molar-refractivity contribution in [3.8, 4) is 0 Å². The molecule has 0 aliphatic rings. The Hall–Kier alpha value is -3.55. The lowest BCUT2D eigenvalue weighted by Crippen LogP contribution is -2.27. The van der Waals surface area contributed by atoms with Crippen LogP contribution in [-0.2, 0) is 20.1 Å². The Bertz CT molecular complexity index is 1080. The molecular formula is C19H19N7O. The maximum atomic E-state index is 12.7. The third-order valence-corrected chi connectivity index (χ3v) is 4.43. The summed E-state index contributed by atoms with van der Waals surface area (Å²) in [5.74, 6) is 0.581. The zero-order valence-electron chi connectivity index (χ0n) is 15.1. The van der Waals surface area contributed by atoms with Crippen molar-refractivity contribution in [3.63, 3.8) is 0 Å². The van der Waals surface area contributed by atoms with Gasteiger partial charge in [0.1, 0.15) is 11.8 Å². The molecule has 4 rings (SSSR count). The number of fused-ring (bicyclic) bond motifs is 1. The van der Waals surface area contributed by atoms with Gasteiger partial charge in [-0.15, -0.1) is 10.2 Å². The maximum Gasteiger partial charge on any atom is 0.255 e. The average Bonchev–Trinajstić information content (AvgIpc) is 3.28. The SMILES string of the molecule is CN(Cc1nncn1C)C(=O)c1cnc2c(c1)ncn2Cc1ccccc1. The molecule has 136 valence electrons. The molecule has 0 saturated carbocycles. The molecule has 3 heterocycles. The van der Waals surface area contributed by atoms with E-state index in [1.165, 1.54) is 5.56 Å². The highest BCUT2D eigenvalue weighted by Crippen LogP contribution is 2.15. The first-order valence-electron chi connectivity index (χ1n) is 8.55. The van der Waals surface area contributed by atoms with Gasteiger partial charge in [0.05, 0.1) is 25.0 Å². The summed E-state index contributed by atoms with van der Waals surface area (Å²) >= 11 is 0. The second kappa shape index (κ2) is 6.99. The number of rotatable bonds is 5. The number of hydrogen-bond donors (Lipinski definition) is 0. The first kappa shape index (κ1) is 16.9. The molecule has 0 N–H and O–H groups in total. The van der Waals surface area contributed by atoms with Crippen LogP contribution in [0.5, 0.6) is 0 Å². The van der Waals surface area contributed by atoms with E-state index in [0.29, 0.717) is 30.0 Å². The fraction of sp³-hybridized carbons (Fsp3) is 0.211. The van der Waals surface area contributed by atoms with Crippen LogP contribution in [0.4, 0.5) is 0 Å². The van der Waals surface area contributed by atoms with Gasteiger partial charge in [-0.1, -0.05) is 30.3 Å². The highest BCUT2D eigenvalue weighted by atomic mass is 16.2. The summed E-state index contributed by atoms with van der Waals surface area (Å²) in [5.41, 5.74) is 3.12. The molecule has 0 saturated heterocycles. The maximum absolute atomic E-state index is 12.7. The molecule has 0 fully saturated rings. The largest absolute Gasteiger partial charge is 0.334 e. The van der Waals surface area contributed by atoms with Crippen LogP contribution in [0.3, 0.4) is 0 Å². The van der Waals surface area contributed by atoms with Gasteiger partial charge >= 0.3 is 0 Å². The number of aromatic nitrogens is 6. The van der Waals surface area contributed by atoms with E-state index in [1.54, 1.807) is 41.4 Å². The fourth-order valence-corrected chi connectivity index (χ4v) is 2.92. The van der Waals surface area contributed by atoms with Gasteiger partial charge in [-0.05, 0) is 11.6 Å². The van der Waals surface area contributed by atoms with Crippen LogP contribution in [0.25, 0.3) is 11.2 Å². The molecule has 4 aromatic rings. The number of amides is 1. The summed E-state index contributed by atoms with van der Waals surface area (Å²) in [7, 11) is 3.58. The van der Waals surface area contributed by atoms with Crippen LogP contribution >= 0.6 is 0 Å². The van der Waals surface area contributed by atoms with Crippen LogP contribution in [0.1, 0.15) is 21.7 Å². The molecule has 1 aromatic carbocycles. The second-order valence-corrected chi connectivity index (χ2v) is 6.44. The van der Waals surface area contributed by atoms with Gasteiger partial charge in [-0.25, -0.2) is 9.97 Å². The van der Waals surface area contributed by atoms with Gasteiger partial charge in [0.2, 0.25) is 0 Å². The normalized spacial score (nSPS) is 11.0. The first-order chi connectivity index (χ1) is 13.1. The van der Waals surface area contributed by atoms with Crippen molar-refractivity contribution < 1.29 is 4.79 Å². The quantitative estimate of drug-likeness (QED) is 0.542. The summed E-state index contributed by atoms with van der Waals surface area (Å²) in [5, 5.41) is 7.85. The van der Waals surface area contributed by atoms with Crippen molar-refractivity contribution in [2.45, 2.75) is 13.1 Å². The zero-order chi connectivity index (χ0) is 18.8. The van der Waals surface area contributed by atoms with Gasteiger partial charge in [0.15, 0.2) is 11.5 Å². The minimum Gasteiger partial charge on any atom is -0.334 e. The summed E-state index contributed by atoms with van der Waals surface area (Å²) in [6.07, 6.45) is 4.96. The third-order valence-electron chi connectivity index (χ3n) is 4.43. The van der Waals surface area contributed by atoms with E-state index in [2.05, 4.69) is 32.3 Å². The predicted molar refractivity (Wildman–Crippen MR) is 99.9 cm³/mol. The number of benzene rings is 1. The van der Waals surface area contributed by atoms with E-state index < -0.39 is 0 Å². The topological polar surface area (TPSA) is 81.7 Å². The van der Waals surface area contributed by atoms with E-state index >= 15 is 0 Å². The number of carbonyl (C=O) groups excluding carboxylic acids is 1. The minimum absolute atomic E-state index is 0.134. The molecule has 0 unspecified atom stereocenters. The highest BCUT2D eigenvalue weighted by molar-refractivity contribution is 5.96. The van der Waals surface area contributed by atoms with Gasteiger partial charge in [0, 0.05) is 20.3 Å². The van der Waals surface area contributed by atoms with Crippen LogP contribution in [0.15, 0.2) is 55.2 Å². The number of carbonyl (C=O) groups is 1. The van der Waals surface area contributed by atoms with Gasteiger partial charge in [0.25, 0.3) is 5.91 Å². The number of hydrogen-bond acceptors (Lipinski definition) is 5. The molecule has 0 radical (unpaired) electrons. The molecular weight excluding hydrogens is 342 g/mol. The smallest absolute Gasteiger partial charge is 0.255 e. The van der Waals surface area contributed by atoms with Crippen LogP contribution in [-0.4, -0.2) is 47.2 Å². The van der Waals surface area contributed by atoms with Gasteiger partial charge in [-0.3, -0.25) is 4.79 Å². The van der Waals surface area contributed by atoms with Gasteiger partial charge in [-0.2, -0.15) is 0 Å². The van der Waals surface area contributed by atoms with E-state index in [4.69, 9.17) is 0 Å². The van der Waals surface area contributed by atoms with Crippen molar-refractivity contribution in [2.75, 3.05) is 7.05 Å². The van der Waals surface area contributed by atoms with E-state index in [1.807, 2.05) is 29.8 Å². The lowest BCUT2D eigenvalue weighted by molar-refractivity contribution is 0.0780. The van der Waals surface area contributed by atoms with Crippen molar-refractivity contribution in [1.29, 1.82) is 0 Å². The molecule has 0 aliphatic carbocycles. The number of aryl methyl sites for hydroxylation is 1. The molecule has 8 nitrogen and oxygen atoms in total. The Kier molecular flexibility index (Phi) is 4.37. The number of nitrogens with zero attached hydrogens (tertiary/aromatic N) is 7. The second-order valence-electron chi connectivity index (χ2n) is 6.44. The Morgan fingerprint density at radius 1 is 1.15 bits per heavy atom. The molecule has 27 heavy (non-hydrogen) atoms. The lowest BCUT2D eigenvalue weighted by Gasteiger charge is -2.16. The molecule has 0 bridgehead atoms. The Labute approximate surface area is 156 Å². The third kappa shape index (κ3) is 3.41. The lowest BCUT2D eigenvalue weighted by atomic mass is 10.2. The number of imidazole rings is 1. The molecule has 3 aromatic heterocycles. The van der Waals surface area contributed by atoms with Crippen molar-refractivity contribution >= 4 is 17.1 Å². The van der Waals surface area contributed by atoms with Gasteiger partial charge < -0.3 is 14.0 Å². The van der Waals surface area contributed by atoms with E-state index in [0.717, 1.165) is 5.65 Å². The highest BCUT2D eigenvalue weighted by Gasteiger charge is 2.16. The molecule has 1 amide bonds. The van der Waals surface area contributed by atoms with Crippen LogP contribution in [0, 0.1) is 0 Å². The Morgan fingerprint density at radius 2 is 1.96 bits per heavy atom. The summed E-state index contributed by atoms with van der Waals surface area (Å²) in [6.45, 7) is 1.06. The van der Waals surface area contributed by atoms with Crippen molar-refractivity contribution in [3.05, 3.63) is 72.2 Å². The summed E-state index contributed by atoms with van der Waals surface area (Å²) in [4.78, 5) is 23.2. The van der Waals surface area contributed by atoms with Crippen molar-refractivity contribution in [1.82, 2.24) is 34.2 Å². The molecule has 0 aliphatic heterocycles. The minimum atomic E-state index is -0.134. The monoisotopic (exact) mass is 361 g/mol. The van der Waals surface area contributed by atoms with E-state index in [9.17, 15) is 4.79 Å². The van der Waals surface area contributed by atoms with E-state index in [-0.39, 0.29) is 5.91 Å². The van der Waals surface area contributed by atoms with Crippen LogP contribution in [0.2, 0.25) is 0 Å². The molecule has 0 atom stereocenters. The zero-order valence-corrected chi connectivity index (χ0v) is 15.1. The number of pyridine rings is 1. The fourth-order valence-electron chi connectivity index (χ4n) is 2.92. The molecule has 8 heteroatoms. The molecule has 0 spiro atoms. The Balaban J connectivity index is 1.55.